The Morgan fingerprint density at radius 1 is 1.39 bits per heavy atom. The molecule has 1 saturated heterocycles. The number of hydrogen-bond donors (Lipinski definition) is 0. The summed E-state index contributed by atoms with van der Waals surface area (Å²) in [6, 6.07) is 4.96. The zero-order chi connectivity index (χ0) is 16.6. The summed E-state index contributed by atoms with van der Waals surface area (Å²) in [7, 11) is 0. The molecule has 23 heavy (non-hydrogen) atoms. The Hall–Kier alpha value is -2.08. The molecular weight excluding hydrogens is 320 g/mol. The van der Waals surface area contributed by atoms with Crippen LogP contribution in [0, 0.1) is 5.92 Å². The van der Waals surface area contributed by atoms with Crippen LogP contribution in [0.15, 0.2) is 27.4 Å². The molecule has 1 aliphatic rings. The molecule has 0 spiro atoms. The van der Waals surface area contributed by atoms with Gasteiger partial charge in [-0.1, -0.05) is 18.5 Å². The number of hydrogen-bond acceptors (Lipinski definition) is 4. The monoisotopic (exact) mass is 336 g/mol. The minimum atomic E-state index is -0.503. The van der Waals surface area contributed by atoms with Crippen LogP contribution in [-0.2, 0) is 16.1 Å². The highest BCUT2D eigenvalue weighted by Gasteiger charge is 2.26. The van der Waals surface area contributed by atoms with Gasteiger partial charge in [-0.2, -0.15) is 0 Å². The van der Waals surface area contributed by atoms with Gasteiger partial charge in [0.15, 0.2) is 5.58 Å². The summed E-state index contributed by atoms with van der Waals surface area (Å²) in [5, 5.41) is 0.487. The molecule has 2 aromatic rings. The Kier molecular flexibility index (Phi) is 4.26. The SMILES string of the molecule is CC1CN(C(=O)CCn2c(=O)oc3cc(Cl)ccc32)CCC1=O. The van der Waals surface area contributed by atoms with Crippen molar-refractivity contribution in [2.75, 3.05) is 13.1 Å². The van der Waals surface area contributed by atoms with E-state index in [-0.39, 0.29) is 30.6 Å². The van der Waals surface area contributed by atoms with Gasteiger partial charge in [-0.15, -0.1) is 0 Å². The standard InChI is InChI=1S/C16H17ClN2O4/c1-10-9-18(6-4-13(10)20)15(21)5-7-19-12-3-2-11(17)8-14(12)23-16(19)22/h2-3,8,10H,4-7,9H2,1H3. The van der Waals surface area contributed by atoms with Crippen molar-refractivity contribution in [2.24, 2.45) is 5.92 Å². The van der Waals surface area contributed by atoms with Crippen molar-refractivity contribution in [3.8, 4) is 0 Å². The summed E-state index contributed by atoms with van der Waals surface area (Å²) < 4.78 is 6.57. The van der Waals surface area contributed by atoms with E-state index in [1.165, 1.54) is 4.57 Å². The van der Waals surface area contributed by atoms with Crippen LogP contribution in [0.3, 0.4) is 0 Å². The Morgan fingerprint density at radius 2 is 2.17 bits per heavy atom. The van der Waals surface area contributed by atoms with Crippen molar-refractivity contribution in [2.45, 2.75) is 26.3 Å². The Morgan fingerprint density at radius 3 is 2.91 bits per heavy atom. The van der Waals surface area contributed by atoms with E-state index in [1.54, 1.807) is 23.1 Å². The van der Waals surface area contributed by atoms with E-state index in [4.69, 9.17) is 16.0 Å². The zero-order valence-electron chi connectivity index (χ0n) is 12.8. The second kappa shape index (κ2) is 6.20. The van der Waals surface area contributed by atoms with Gasteiger partial charge in [0.05, 0.1) is 5.52 Å². The summed E-state index contributed by atoms with van der Waals surface area (Å²) in [5.41, 5.74) is 1.03. The van der Waals surface area contributed by atoms with Gasteiger partial charge >= 0.3 is 5.76 Å². The van der Waals surface area contributed by atoms with Crippen LogP contribution in [0.5, 0.6) is 0 Å². The summed E-state index contributed by atoms with van der Waals surface area (Å²) in [6.45, 7) is 2.98. The lowest BCUT2D eigenvalue weighted by molar-refractivity contribution is -0.137. The highest BCUT2D eigenvalue weighted by Crippen LogP contribution is 2.19. The first-order chi connectivity index (χ1) is 11.0. The van der Waals surface area contributed by atoms with E-state index in [1.807, 2.05) is 6.92 Å². The maximum atomic E-state index is 12.3. The van der Waals surface area contributed by atoms with Crippen LogP contribution >= 0.6 is 11.6 Å². The van der Waals surface area contributed by atoms with Gasteiger partial charge in [0.25, 0.3) is 0 Å². The van der Waals surface area contributed by atoms with Crippen LogP contribution in [0.2, 0.25) is 5.02 Å². The fraction of sp³-hybridized carbons (Fsp3) is 0.438. The first-order valence-electron chi connectivity index (χ1n) is 7.55. The third-order valence-corrected chi connectivity index (χ3v) is 4.44. The topological polar surface area (TPSA) is 72.5 Å². The molecule has 0 bridgehead atoms. The van der Waals surface area contributed by atoms with Crippen LogP contribution in [0.25, 0.3) is 11.1 Å². The van der Waals surface area contributed by atoms with E-state index in [2.05, 4.69) is 0 Å². The average Bonchev–Trinajstić information content (AvgIpc) is 2.82. The minimum Gasteiger partial charge on any atom is -0.408 e. The number of aromatic nitrogens is 1. The summed E-state index contributed by atoms with van der Waals surface area (Å²) in [5.74, 6) is -0.480. The molecule has 0 aliphatic carbocycles. The summed E-state index contributed by atoms with van der Waals surface area (Å²) in [6.07, 6.45) is 0.595. The maximum absolute atomic E-state index is 12.3. The number of oxazole rings is 1. The number of ketones is 1. The summed E-state index contributed by atoms with van der Waals surface area (Å²) >= 11 is 5.88. The molecule has 1 aromatic carbocycles. The number of aryl methyl sites for hydroxylation is 1. The number of piperidine rings is 1. The van der Waals surface area contributed by atoms with Crippen molar-refractivity contribution in [1.29, 1.82) is 0 Å². The number of carbonyl (C=O) groups is 2. The second-order valence-electron chi connectivity index (χ2n) is 5.84. The third kappa shape index (κ3) is 3.17. The molecule has 1 aromatic heterocycles. The van der Waals surface area contributed by atoms with E-state index in [0.717, 1.165) is 0 Å². The molecule has 3 rings (SSSR count). The molecule has 2 heterocycles. The van der Waals surface area contributed by atoms with Crippen molar-refractivity contribution >= 4 is 34.4 Å². The number of Topliss-reactive ketones (excluding diaryl/α,β-unsaturated/α-hetero) is 1. The zero-order valence-corrected chi connectivity index (χ0v) is 13.5. The van der Waals surface area contributed by atoms with Crippen LogP contribution in [-0.4, -0.2) is 34.2 Å². The minimum absolute atomic E-state index is 0.0560. The van der Waals surface area contributed by atoms with E-state index in [0.29, 0.717) is 35.6 Å². The van der Waals surface area contributed by atoms with Crippen molar-refractivity contribution in [3.05, 3.63) is 33.8 Å². The first-order valence-corrected chi connectivity index (χ1v) is 7.93. The van der Waals surface area contributed by atoms with Gasteiger partial charge in [-0.3, -0.25) is 14.2 Å². The highest BCUT2D eigenvalue weighted by molar-refractivity contribution is 6.31. The quantitative estimate of drug-likeness (QED) is 0.860. The molecule has 6 nitrogen and oxygen atoms in total. The summed E-state index contributed by atoms with van der Waals surface area (Å²) in [4.78, 5) is 37.4. The number of rotatable bonds is 3. The van der Waals surface area contributed by atoms with Crippen LogP contribution in [0.4, 0.5) is 0 Å². The molecule has 0 saturated carbocycles. The average molecular weight is 337 g/mol. The highest BCUT2D eigenvalue weighted by atomic mass is 35.5. The van der Waals surface area contributed by atoms with Crippen molar-refractivity contribution < 1.29 is 14.0 Å². The Bertz CT molecular complexity index is 823. The number of likely N-dealkylation sites (tertiary alicyclic amines) is 1. The largest absolute Gasteiger partial charge is 0.419 e. The Balaban J connectivity index is 1.71. The normalized spacial score (nSPS) is 18.6. The van der Waals surface area contributed by atoms with Crippen molar-refractivity contribution in [3.63, 3.8) is 0 Å². The fourth-order valence-electron chi connectivity index (χ4n) is 2.86. The molecular formula is C16H17ClN2O4. The molecule has 1 atom stereocenters. The first kappa shape index (κ1) is 15.8. The van der Waals surface area contributed by atoms with E-state index >= 15 is 0 Å². The van der Waals surface area contributed by atoms with Gasteiger partial charge < -0.3 is 9.32 Å². The molecule has 1 fully saturated rings. The fourth-order valence-corrected chi connectivity index (χ4v) is 3.02. The second-order valence-corrected chi connectivity index (χ2v) is 6.28. The van der Waals surface area contributed by atoms with Crippen LogP contribution < -0.4 is 5.76 Å². The number of benzene rings is 1. The number of halogens is 1. The lowest BCUT2D eigenvalue weighted by Crippen LogP contribution is -2.43. The molecule has 1 amide bonds. The van der Waals surface area contributed by atoms with E-state index < -0.39 is 5.76 Å². The molecule has 1 aliphatic heterocycles. The number of nitrogens with zero attached hydrogens (tertiary/aromatic N) is 2. The molecule has 1 unspecified atom stereocenters. The van der Waals surface area contributed by atoms with Crippen LogP contribution in [0.1, 0.15) is 19.8 Å². The van der Waals surface area contributed by atoms with Gasteiger partial charge in [-0.05, 0) is 12.1 Å². The van der Waals surface area contributed by atoms with Gasteiger partial charge in [0.1, 0.15) is 5.78 Å². The Labute approximate surface area is 137 Å². The maximum Gasteiger partial charge on any atom is 0.419 e. The smallest absolute Gasteiger partial charge is 0.408 e. The van der Waals surface area contributed by atoms with Gasteiger partial charge in [0, 0.05) is 49.5 Å². The predicted octanol–water partition coefficient (Wildman–Crippen LogP) is 2.08. The predicted molar refractivity (Wildman–Crippen MR) is 85.5 cm³/mol. The molecule has 7 heteroatoms. The van der Waals surface area contributed by atoms with Gasteiger partial charge in [-0.25, -0.2) is 4.79 Å². The number of fused-ring (bicyclic) bond motifs is 1. The number of carbonyl (C=O) groups excluding carboxylic acids is 2. The van der Waals surface area contributed by atoms with E-state index in [9.17, 15) is 14.4 Å². The number of amides is 1. The van der Waals surface area contributed by atoms with Gasteiger partial charge in [0.2, 0.25) is 5.91 Å². The van der Waals surface area contributed by atoms with Crippen molar-refractivity contribution in [1.82, 2.24) is 9.47 Å². The molecule has 122 valence electrons. The lowest BCUT2D eigenvalue weighted by Gasteiger charge is -2.30. The molecule has 0 radical (unpaired) electrons. The third-order valence-electron chi connectivity index (χ3n) is 4.20. The molecule has 0 N–H and O–H groups in total. The lowest BCUT2D eigenvalue weighted by atomic mass is 9.98.